The van der Waals surface area contributed by atoms with Gasteiger partial charge in [-0.1, -0.05) is 66.7 Å². The molecule has 0 aliphatic rings. The van der Waals surface area contributed by atoms with E-state index in [9.17, 15) is 4.57 Å². The van der Waals surface area contributed by atoms with Gasteiger partial charge in [-0.25, -0.2) is 0 Å². The maximum Gasteiger partial charge on any atom is 0.261 e. The summed E-state index contributed by atoms with van der Waals surface area (Å²) in [5.41, 5.74) is 0. The Morgan fingerprint density at radius 2 is 1.29 bits per heavy atom. The largest absolute Gasteiger partial charge is 0.325 e. The quantitative estimate of drug-likeness (QED) is 0.395. The van der Waals surface area contributed by atoms with Crippen molar-refractivity contribution in [2.45, 2.75) is 0 Å². The van der Waals surface area contributed by atoms with Crippen molar-refractivity contribution in [1.29, 1.82) is 0 Å². The van der Waals surface area contributed by atoms with Gasteiger partial charge in [0.2, 0.25) is 0 Å². The van der Waals surface area contributed by atoms with Gasteiger partial charge >= 0.3 is 0 Å². The van der Waals surface area contributed by atoms with Crippen LogP contribution in [0.1, 0.15) is 0 Å². The fraction of sp³-hybridized carbons (Fsp3) is 0.0476. The summed E-state index contributed by atoms with van der Waals surface area (Å²) in [6.07, 6.45) is 0. The molecule has 4 aromatic rings. The maximum atomic E-state index is 13.8. The first-order chi connectivity index (χ1) is 11.7. The van der Waals surface area contributed by atoms with Crippen molar-refractivity contribution in [1.82, 2.24) is 0 Å². The molecule has 2 nitrogen and oxygen atoms in total. The van der Waals surface area contributed by atoms with Crippen molar-refractivity contribution in [3.05, 3.63) is 84.9 Å². The average Bonchev–Trinajstić information content (AvgIpc) is 2.67. The molecule has 0 fully saturated rings. The maximum absolute atomic E-state index is 13.8. The average molecular weight is 332 g/mol. The summed E-state index contributed by atoms with van der Waals surface area (Å²) in [7, 11) is -1.63. The second-order valence-electron chi connectivity index (χ2n) is 5.73. The van der Waals surface area contributed by atoms with Crippen molar-refractivity contribution >= 4 is 39.5 Å². The second kappa shape index (κ2) is 5.90. The van der Waals surface area contributed by atoms with Gasteiger partial charge < -0.3 is 4.52 Å². The molecule has 0 bridgehead atoms. The van der Waals surface area contributed by atoms with Crippen LogP contribution in [0.2, 0.25) is 0 Å². The van der Waals surface area contributed by atoms with Gasteiger partial charge in [-0.3, -0.25) is 4.57 Å². The molecule has 24 heavy (non-hydrogen) atoms. The molecule has 4 aromatic carbocycles. The molecule has 0 saturated heterocycles. The number of hydrogen-bond acceptors (Lipinski definition) is 2. The first-order valence-corrected chi connectivity index (χ1v) is 9.49. The Kier molecular flexibility index (Phi) is 3.72. The number of benzene rings is 4. The molecule has 0 aliphatic heterocycles. The van der Waals surface area contributed by atoms with Crippen molar-refractivity contribution in [2.24, 2.45) is 0 Å². The predicted octanol–water partition coefficient (Wildman–Crippen LogP) is 4.87. The lowest BCUT2D eigenvalue weighted by molar-refractivity contribution is 0.412. The highest BCUT2D eigenvalue weighted by atomic mass is 31.2. The van der Waals surface area contributed by atoms with Crippen molar-refractivity contribution in [3.63, 3.8) is 0 Å². The Hall–Kier alpha value is -2.41. The van der Waals surface area contributed by atoms with Crippen LogP contribution in [0.5, 0.6) is 0 Å². The van der Waals surface area contributed by atoms with Crippen LogP contribution in [0.25, 0.3) is 21.5 Å². The zero-order valence-electron chi connectivity index (χ0n) is 13.3. The van der Waals surface area contributed by atoms with Gasteiger partial charge in [0.05, 0.1) is 0 Å². The molecule has 0 amide bonds. The van der Waals surface area contributed by atoms with Crippen LogP contribution in [0, 0.1) is 0 Å². The van der Waals surface area contributed by atoms with Crippen LogP contribution in [0.15, 0.2) is 84.9 Å². The first-order valence-electron chi connectivity index (χ1n) is 7.86. The van der Waals surface area contributed by atoms with E-state index >= 15 is 0 Å². The molecule has 0 heterocycles. The molecule has 0 spiro atoms. The number of hydrogen-bond donors (Lipinski definition) is 0. The zero-order chi connectivity index (χ0) is 16.6. The van der Waals surface area contributed by atoms with Gasteiger partial charge in [-0.2, -0.15) is 0 Å². The highest BCUT2D eigenvalue weighted by molar-refractivity contribution is 7.74. The molecule has 1 unspecified atom stereocenters. The summed E-state index contributed by atoms with van der Waals surface area (Å²) in [6, 6.07) is 27.7. The summed E-state index contributed by atoms with van der Waals surface area (Å²) < 4.78 is 19.4. The molecule has 118 valence electrons. The van der Waals surface area contributed by atoms with Crippen LogP contribution < -0.4 is 10.6 Å². The van der Waals surface area contributed by atoms with Crippen LogP contribution in [0.3, 0.4) is 0 Å². The lowest BCUT2D eigenvalue weighted by atomic mass is 10.0. The standard InChI is InChI=1S/C21H17O2P/c1-23-24(22,17-10-3-2-4-11-17)21-15-16-9-5-6-12-18(16)19-13-7-8-14-20(19)21/h2-15H,1H3. The normalized spacial score (nSPS) is 13.9. The Balaban J connectivity index is 2.13. The lowest BCUT2D eigenvalue weighted by Crippen LogP contribution is -2.18. The van der Waals surface area contributed by atoms with E-state index in [-0.39, 0.29) is 0 Å². The van der Waals surface area contributed by atoms with E-state index in [1.165, 1.54) is 7.11 Å². The molecule has 0 radical (unpaired) electrons. The van der Waals surface area contributed by atoms with Gasteiger partial charge in [0, 0.05) is 17.7 Å². The Labute approximate surface area is 141 Å². The summed E-state index contributed by atoms with van der Waals surface area (Å²) >= 11 is 0. The fourth-order valence-electron chi connectivity index (χ4n) is 3.25. The number of fused-ring (bicyclic) bond motifs is 3. The van der Waals surface area contributed by atoms with E-state index < -0.39 is 7.37 Å². The van der Waals surface area contributed by atoms with E-state index in [0.29, 0.717) is 5.30 Å². The highest BCUT2D eigenvalue weighted by Crippen LogP contribution is 2.46. The molecule has 4 rings (SSSR count). The zero-order valence-corrected chi connectivity index (χ0v) is 14.2. The van der Waals surface area contributed by atoms with Gasteiger partial charge in [0.15, 0.2) is 0 Å². The lowest BCUT2D eigenvalue weighted by Gasteiger charge is -2.20. The van der Waals surface area contributed by atoms with E-state index in [0.717, 1.165) is 26.8 Å². The Morgan fingerprint density at radius 1 is 0.708 bits per heavy atom. The monoisotopic (exact) mass is 332 g/mol. The summed E-state index contributed by atoms with van der Waals surface area (Å²) in [6.45, 7) is 0. The highest BCUT2D eigenvalue weighted by Gasteiger charge is 2.29. The van der Waals surface area contributed by atoms with Crippen LogP contribution >= 0.6 is 7.37 Å². The third-order valence-electron chi connectivity index (χ3n) is 4.42. The molecule has 0 aliphatic carbocycles. The van der Waals surface area contributed by atoms with Crippen LogP contribution in [-0.4, -0.2) is 7.11 Å². The van der Waals surface area contributed by atoms with Gasteiger partial charge in [0.25, 0.3) is 7.37 Å². The molecular formula is C21H17O2P. The van der Waals surface area contributed by atoms with E-state index in [4.69, 9.17) is 4.52 Å². The minimum Gasteiger partial charge on any atom is -0.325 e. The second-order valence-corrected chi connectivity index (χ2v) is 8.20. The summed E-state index contributed by atoms with van der Waals surface area (Å²) in [4.78, 5) is 0. The Morgan fingerprint density at radius 3 is 2.00 bits per heavy atom. The topological polar surface area (TPSA) is 26.3 Å². The Bertz CT molecular complexity index is 1070. The fourth-order valence-corrected chi connectivity index (χ4v) is 5.32. The van der Waals surface area contributed by atoms with E-state index in [1.807, 2.05) is 66.7 Å². The van der Waals surface area contributed by atoms with Gasteiger partial charge in [-0.15, -0.1) is 0 Å². The van der Waals surface area contributed by atoms with Crippen molar-refractivity contribution in [3.8, 4) is 0 Å². The third kappa shape index (κ3) is 2.27. The minimum absolute atomic E-state index is 0.716. The smallest absolute Gasteiger partial charge is 0.261 e. The van der Waals surface area contributed by atoms with Crippen LogP contribution in [-0.2, 0) is 9.09 Å². The SMILES string of the molecule is COP(=O)(c1ccccc1)c1cc2ccccc2c2ccccc12. The van der Waals surface area contributed by atoms with Gasteiger partial charge in [0.1, 0.15) is 0 Å². The molecule has 1 atom stereocenters. The molecular weight excluding hydrogens is 315 g/mol. The molecule has 3 heteroatoms. The summed E-state index contributed by atoms with van der Waals surface area (Å²) in [5.74, 6) is 0. The summed E-state index contributed by atoms with van der Waals surface area (Å²) in [5, 5.41) is 5.77. The molecule has 0 aromatic heterocycles. The third-order valence-corrected chi connectivity index (χ3v) is 6.91. The van der Waals surface area contributed by atoms with E-state index in [2.05, 4.69) is 18.2 Å². The van der Waals surface area contributed by atoms with Crippen molar-refractivity contribution in [2.75, 3.05) is 7.11 Å². The van der Waals surface area contributed by atoms with Crippen molar-refractivity contribution < 1.29 is 9.09 Å². The minimum atomic E-state index is -3.15. The van der Waals surface area contributed by atoms with E-state index in [1.54, 1.807) is 0 Å². The molecule has 0 N–H and O–H groups in total. The van der Waals surface area contributed by atoms with Crippen LogP contribution in [0.4, 0.5) is 0 Å². The first kappa shape index (κ1) is 15.1. The molecule has 0 saturated carbocycles. The van der Waals surface area contributed by atoms with Gasteiger partial charge in [-0.05, 0) is 39.7 Å². The number of rotatable bonds is 3. The predicted molar refractivity (Wildman–Crippen MR) is 102 cm³/mol.